The standard InChI is InChI=1S/2C27H35.2ClH.Hf/c2*1-25(2,3)22-11-10-18-12-19(13-20(18)14-22)21-15-23(26(4,5)6)17-24(16-21)27(7,8)9;;;/h2*10-17H,1-9H3;2*1H;/q2*-1;;;+4/p-2. The fourth-order valence-electron chi connectivity index (χ4n) is 7.00. The summed E-state index contributed by atoms with van der Waals surface area (Å²) in [6, 6.07) is 37.5. The summed E-state index contributed by atoms with van der Waals surface area (Å²) in [5, 5.41) is 5.35. The maximum atomic E-state index is 2.39. The normalized spacial score (nSPS) is 12.7. The molecule has 0 saturated carbocycles. The molecule has 0 aliphatic rings. The third-order valence-corrected chi connectivity index (χ3v) is 11.1. The zero-order valence-corrected chi connectivity index (χ0v) is 43.6. The van der Waals surface area contributed by atoms with Crippen molar-refractivity contribution in [2.24, 2.45) is 0 Å². The van der Waals surface area contributed by atoms with E-state index in [0.717, 1.165) is 0 Å². The SMILES string of the molecule is CC(C)(C)c1cc(-c2cc3cc(C(C)(C)C)ccc3[cH-]2)cc(C(C)(C)C)c1.CC(C)(C)c1cc(-c2cc3cc(C(C)(C)C)ccc3[cH-]2)cc(C(C)(C)C)c1.[Cl-].[Cl-].[Hf+4]. The predicted molar refractivity (Wildman–Crippen MR) is 242 cm³/mol. The van der Waals surface area contributed by atoms with E-state index in [1.54, 1.807) is 0 Å². The van der Waals surface area contributed by atoms with Crippen molar-refractivity contribution in [2.75, 3.05) is 0 Å². The van der Waals surface area contributed by atoms with Crippen LogP contribution in [-0.2, 0) is 58.3 Å². The van der Waals surface area contributed by atoms with Gasteiger partial charge in [0.25, 0.3) is 0 Å². The van der Waals surface area contributed by atoms with Gasteiger partial charge in [-0.1, -0.05) is 208 Å². The van der Waals surface area contributed by atoms with Gasteiger partial charge in [0.15, 0.2) is 0 Å². The average Bonchev–Trinajstić information content (AvgIpc) is 3.66. The van der Waals surface area contributed by atoms with Gasteiger partial charge in [-0.15, -0.1) is 69.1 Å². The molecule has 0 aromatic heterocycles. The van der Waals surface area contributed by atoms with Crippen LogP contribution in [-0.4, -0.2) is 0 Å². The van der Waals surface area contributed by atoms with E-state index in [4.69, 9.17) is 0 Å². The van der Waals surface area contributed by atoms with Crippen molar-refractivity contribution >= 4 is 21.5 Å². The molecule has 6 rings (SSSR count). The number of fused-ring (bicyclic) bond motifs is 2. The molecule has 6 aromatic rings. The fourth-order valence-corrected chi connectivity index (χ4v) is 7.00. The van der Waals surface area contributed by atoms with Gasteiger partial charge in [0, 0.05) is 0 Å². The Bertz CT molecular complexity index is 2040. The number of rotatable bonds is 2. The molecule has 3 heteroatoms. The molecule has 0 aliphatic heterocycles. The minimum Gasteiger partial charge on any atom is -1.00 e. The number of benzene rings is 4. The molecule has 0 radical (unpaired) electrons. The van der Waals surface area contributed by atoms with E-state index in [0.29, 0.717) is 0 Å². The molecule has 0 saturated heterocycles. The van der Waals surface area contributed by atoms with Gasteiger partial charge in [-0.2, -0.15) is 0 Å². The smallest absolute Gasteiger partial charge is 1.00 e. The van der Waals surface area contributed by atoms with Crippen LogP contribution in [0.5, 0.6) is 0 Å². The third-order valence-electron chi connectivity index (χ3n) is 11.1. The topological polar surface area (TPSA) is 0 Å². The van der Waals surface area contributed by atoms with Crippen molar-refractivity contribution in [3.8, 4) is 22.3 Å². The molecule has 0 spiro atoms. The monoisotopic (exact) mass is 968 g/mol. The van der Waals surface area contributed by atoms with Gasteiger partial charge in [-0.3, -0.25) is 0 Å². The van der Waals surface area contributed by atoms with Crippen molar-refractivity contribution in [1.29, 1.82) is 0 Å². The minimum absolute atomic E-state index is 0. The van der Waals surface area contributed by atoms with Crippen LogP contribution in [0.4, 0.5) is 0 Å². The van der Waals surface area contributed by atoms with E-state index in [2.05, 4.69) is 222 Å². The Kier molecular flexibility index (Phi) is 15.7. The average molecular weight is 969 g/mol. The van der Waals surface area contributed by atoms with Crippen LogP contribution in [0.3, 0.4) is 0 Å². The first kappa shape index (κ1) is 50.7. The molecule has 57 heavy (non-hydrogen) atoms. The molecule has 0 atom stereocenters. The molecule has 0 unspecified atom stereocenters. The number of halogens is 2. The number of hydrogen-bond donors (Lipinski definition) is 0. The van der Waals surface area contributed by atoms with Gasteiger partial charge in [0.2, 0.25) is 0 Å². The largest absolute Gasteiger partial charge is 4.00 e. The first-order valence-corrected chi connectivity index (χ1v) is 20.2. The summed E-state index contributed by atoms with van der Waals surface area (Å²) in [5.74, 6) is 0. The molecular weight excluding hydrogens is 898 g/mol. The Labute approximate surface area is 379 Å². The molecule has 0 heterocycles. The molecule has 0 N–H and O–H groups in total. The van der Waals surface area contributed by atoms with Gasteiger partial charge >= 0.3 is 25.8 Å². The maximum Gasteiger partial charge on any atom is 4.00 e. The van der Waals surface area contributed by atoms with Crippen LogP contribution in [0.2, 0.25) is 0 Å². The van der Waals surface area contributed by atoms with Gasteiger partial charge in [0.1, 0.15) is 0 Å². The van der Waals surface area contributed by atoms with Gasteiger partial charge < -0.3 is 24.8 Å². The van der Waals surface area contributed by atoms with Gasteiger partial charge in [-0.25, -0.2) is 0 Å². The zero-order valence-electron chi connectivity index (χ0n) is 38.5. The Morgan fingerprint density at radius 1 is 0.298 bits per heavy atom. The second-order valence-corrected chi connectivity index (χ2v) is 22.3. The zero-order chi connectivity index (χ0) is 40.4. The van der Waals surface area contributed by atoms with E-state index in [1.165, 1.54) is 77.2 Å². The Hall–Kier alpha value is -2.45. The second-order valence-electron chi connectivity index (χ2n) is 22.3. The van der Waals surface area contributed by atoms with Crippen molar-refractivity contribution in [3.63, 3.8) is 0 Å². The van der Waals surface area contributed by atoms with Crippen LogP contribution in [0, 0.1) is 0 Å². The summed E-state index contributed by atoms with van der Waals surface area (Å²) in [6.45, 7) is 41.3. The summed E-state index contributed by atoms with van der Waals surface area (Å²) in [5.41, 5.74) is 14.7. The van der Waals surface area contributed by atoms with Crippen LogP contribution >= 0.6 is 0 Å². The summed E-state index contributed by atoms with van der Waals surface area (Å²) < 4.78 is 0. The first-order valence-electron chi connectivity index (χ1n) is 20.2. The molecule has 304 valence electrons. The molecule has 0 bridgehead atoms. The summed E-state index contributed by atoms with van der Waals surface area (Å²) in [6.07, 6.45) is 0. The minimum atomic E-state index is 0. The van der Waals surface area contributed by atoms with Crippen LogP contribution in [0.25, 0.3) is 43.8 Å². The quantitative estimate of drug-likeness (QED) is 0.120. The van der Waals surface area contributed by atoms with Crippen LogP contribution < -0.4 is 24.8 Å². The van der Waals surface area contributed by atoms with E-state index < -0.39 is 0 Å². The first-order chi connectivity index (χ1) is 24.5. The van der Waals surface area contributed by atoms with E-state index in [-0.39, 0.29) is 83.1 Å². The predicted octanol–water partition coefficient (Wildman–Crippen LogP) is 10.2. The second kappa shape index (κ2) is 17.6. The third kappa shape index (κ3) is 12.3. The van der Waals surface area contributed by atoms with E-state index >= 15 is 0 Å². The summed E-state index contributed by atoms with van der Waals surface area (Å²) in [7, 11) is 0. The van der Waals surface area contributed by atoms with Gasteiger partial charge in [0.05, 0.1) is 0 Å². The van der Waals surface area contributed by atoms with Crippen LogP contribution in [0.15, 0.2) is 97.1 Å². The Morgan fingerprint density at radius 2 is 0.544 bits per heavy atom. The molecular formula is C54H70Cl2Hf. The summed E-state index contributed by atoms with van der Waals surface area (Å²) in [4.78, 5) is 0. The van der Waals surface area contributed by atoms with Crippen LogP contribution in [0.1, 0.15) is 158 Å². The van der Waals surface area contributed by atoms with Crippen molar-refractivity contribution in [2.45, 2.75) is 157 Å². The van der Waals surface area contributed by atoms with Crippen molar-refractivity contribution in [1.82, 2.24) is 0 Å². The maximum absolute atomic E-state index is 2.39. The van der Waals surface area contributed by atoms with Crippen molar-refractivity contribution < 1.29 is 50.7 Å². The molecule has 0 fully saturated rings. The molecule has 6 aromatic carbocycles. The molecule has 0 nitrogen and oxygen atoms in total. The van der Waals surface area contributed by atoms with E-state index in [9.17, 15) is 0 Å². The fraction of sp³-hybridized carbons (Fsp3) is 0.444. The number of hydrogen-bond acceptors (Lipinski definition) is 0. The summed E-state index contributed by atoms with van der Waals surface area (Å²) >= 11 is 0. The van der Waals surface area contributed by atoms with E-state index in [1.807, 2.05) is 0 Å². The molecule has 0 aliphatic carbocycles. The van der Waals surface area contributed by atoms with Crippen molar-refractivity contribution in [3.05, 3.63) is 130 Å². The van der Waals surface area contributed by atoms with Gasteiger partial charge in [-0.05, 0) is 54.7 Å². The Morgan fingerprint density at radius 3 is 0.772 bits per heavy atom. The molecule has 0 amide bonds. The Balaban J connectivity index is 0.000000374.